The normalized spacial score (nSPS) is 35.3. The van der Waals surface area contributed by atoms with Gasteiger partial charge < -0.3 is 4.74 Å². The molecule has 1 fully saturated rings. The van der Waals surface area contributed by atoms with E-state index in [1.807, 2.05) is 0 Å². The van der Waals surface area contributed by atoms with E-state index in [-0.39, 0.29) is 0 Å². The molecular weight excluding hydrogens is 180 g/mol. The van der Waals surface area contributed by atoms with E-state index in [1.165, 1.54) is 6.42 Å². The average molecular weight is 193 g/mol. The van der Waals surface area contributed by atoms with Crippen molar-refractivity contribution in [1.82, 2.24) is 0 Å². The molecule has 0 N–H and O–H groups in total. The first-order valence-electron chi connectivity index (χ1n) is 3.56. The van der Waals surface area contributed by atoms with Crippen molar-refractivity contribution < 1.29 is 4.74 Å². The van der Waals surface area contributed by atoms with Crippen molar-refractivity contribution in [1.29, 1.82) is 0 Å². The van der Waals surface area contributed by atoms with Gasteiger partial charge >= 0.3 is 0 Å². The van der Waals surface area contributed by atoms with Crippen LogP contribution in [0, 0.1) is 5.92 Å². The Kier molecular flexibility index (Phi) is 2.99. The van der Waals surface area contributed by atoms with Crippen LogP contribution in [0.3, 0.4) is 0 Å². The maximum absolute atomic E-state index is 5.48. The molecule has 1 nitrogen and oxygen atoms in total. The molecule has 9 heavy (non-hydrogen) atoms. The van der Waals surface area contributed by atoms with Crippen LogP contribution in [0.2, 0.25) is 0 Å². The molecule has 0 bridgehead atoms. The van der Waals surface area contributed by atoms with Crippen molar-refractivity contribution in [2.45, 2.75) is 25.9 Å². The molecule has 2 atom stereocenters. The smallest absolute Gasteiger partial charge is 0.0609 e. The first kappa shape index (κ1) is 7.55. The van der Waals surface area contributed by atoms with E-state index in [0.717, 1.165) is 24.3 Å². The fraction of sp³-hybridized carbons (Fsp3) is 1.00. The van der Waals surface area contributed by atoms with Crippen molar-refractivity contribution in [2.75, 3.05) is 11.9 Å². The minimum Gasteiger partial charge on any atom is -0.378 e. The Hall–Kier alpha value is 0.440. The molecule has 0 amide bonds. The van der Waals surface area contributed by atoms with Gasteiger partial charge in [-0.25, -0.2) is 0 Å². The third kappa shape index (κ3) is 1.68. The van der Waals surface area contributed by atoms with E-state index in [0.29, 0.717) is 6.10 Å². The van der Waals surface area contributed by atoms with Crippen molar-refractivity contribution in [3.05, 3.63) is 0 Å². The second-order valence-electron chi connectivity index (χ2n) is 2.52. The van der Waals surface area contributed by atoms with Crippen LogP contribution >= 0.6 is 15.9 Å². The highest BCUT2D eigenvalue weighted by atomic mass is 79.9. The Bertz CT molecular complexity index is 75.0. The lowest BCUT2D eigenvalue weighted by Crippen LogP contribution is -2.15. The zero-order valence-corrected chi connectivity index (χ0v) is 7.36. The van der Waals surface area contributed by atoms with Crippen LogP contribution in [0.15, 0.2) is 0 Å². The molecule has 0 spiro atoms. The summed E-state index contributed by atoms with van der Waals surface area (Å²) in [7, 11) is 0. The number of halogens is 1. The molecule has 2 unspecified atom stereocenters. The molecule has 1 rings (SSSR count). The van der Waals surface area contributed by atoms with Crippen molar-refractivity contribution in [3.8, 4) is 0 Å². The van der Waals surface area contributed by atoms with Crippen LogP contribution in [0.1, 0.15) is 19.8 Å². The second-order valence-corrected chi connectivity index (χ2v) is 3.17. The van der Waals surface area contributed by atoms with Gasteiger partial charge in [-0.05, 0) is 18.8 Å². The SMILES string of the molecule is CCC1OCCC1CBr. The van der Waals surface area contributed by atoms with Gasteiger partial charge in [-0.1, -0.05) is 22.9 Å². The van der Waals surface area contributed by atoms with E-state index in [4.69, 9.17) is 4.74 Å². The van der Waals surface area contributed by atoms with Crippen LogP contribution < -0.4 is 0 Å². The minimum atomic E-state index is 0.532. The Morgan fingerprint density at radius 1 is 1.67 bits per heavy atom. The summed E-state index contributed by atoms with van der Waals surface area (Å²) in [5, 5.41) is 1.10. The monoisotopic (exact) mass is 192 g/mol. The number of ether oxygens (including phenoxy) is 1. The van der Waals surface area contributed by atoms with Crippen LogP contribution in [0.25, 0.3) is 0 Å². The maximum Gasteiger partial charge on any atom is 0.0609 e. The summed E-state index contributed by atoms with van der Waals surface area (Å²) in [5.41, 5.74) is 0. The summed E-state index contributed by atoms with van der Waals surface area (Å²) in [6.45, 7) is 3.15. The van der Waals surface area contributed by atoms with Crippen molar-refractivity contribution >= 4 is 15.9 Å². The number of hydrogen-bond acceptors (Lipinski definition) is 1. The maximum atomic E-state index is 5.48. The molecule has 1 heterocycles. The summed E-state index contributed by atoms with van der Waals surface area (Å²) in [5.74, 6) is 0.773. The van der Waals surface area contributed by atoms with Gasteiger partial charge in [0.25, 0.3) is 0 Å². The lowest BCUT2D eigenvalue weighted by molar-refractivity contribution is 0.0922. The fourth-order valence-corrected chi connectivity index (χ4v) is 2.06. The first-order valence-corrected chi connectivity index (χ1v) is 4.68. The number of alkyl halides is 1. The highest BCUT2D eigenvalue weighted by molar-refractivity contribution is 9.09. The van der Waals surface area contributed by atoms with Gasteiger partial charge in [-0.3, -0.25) is 0 Å². The number of hydrogen-bond donors (Lipinski definition) is 0. The lowest BCUT2D eigenvalue weighted by atomic mass is 10.0. The number of rotatable bonds is 2. The van der Waals surface area contributed by atoms with E-state index in [2.05, 4.69) is 22.9 Å². The average Bonchev–Trinajstić information content (AvgIpc) is 2.33. The molecule has 0 radical (unpaired) electrons. The summed E-state index contributed by atoms with van der Waals surface area (Å²) in [6, 6.07) is 0. The minimum absolute atomic E-state index is 0.532. The van der Waals surface area contributed by atoms with Crippen molar-refractivity contribution in [3.63, 3.8) is 0 Å². The zero-order chi connectivity index (χ0) is 6.69. The molecule has 0 saturated carbocycles. The lowest BCUT2D eigenvalue weighted by Gasteiger charge is -2.12. The molecular formula is C7H13BrO. The summed E-state index contributed by atoms with van der Waals surface area (Å²) >= 11 is 3.48. The van der Waals surface area contributed by atoms with Crippen LogP contribution in [-0.2, 0) is 4.74 Å². The standard InChI is InChI=1S/C7H13BrO/c1-2-7-6(5-8)3-4-9-7/h6-7H,2-5H2,1H3. The third-order valence-electron chi connectivity index (χ3n) is 1.95. The summed E-state index contributed by atoms with van der Waals surface area (Å²) in [4.78, 5) is 0. The third-order valence-corrected chi connectivity index (χ3v) is 2.78. The van der Waals surface area contributed by atoms with Gasteiger partial charge in [0.2, 0.25) is 0 Å². The van der Waals surface area contributed by atoms with Gasteiger partial charge in [0.15, 0.2) is 0 Å². The van der Waals surface area contributed by atoms with Gasteiger partial charge in [-0.15, -0.1) is 0 Å². The molecule has 1 saturated heterocycles. The molecule has 0 aliphatic carbocycles. The Morgan fingerprint density at radius 3 is 2.89 bits per heavy atom. The quantitative estimate of drug-likeness (QED) is 0.611. The van der Waals surface area contributed by atoms with Gasteiger partial charge in [0.05, 0.1) is 6.10 Å². The van der Waals surface area contributed by atoms with Crippen LogP contribution in [0.5, 0.6) is 0 Å². The van der Waals surface area contributed by atoms with Crippen LogP contribution in [0.4, 0.5) is 0 Å². The van der Waals surface area contributed by atoms with E-state index < -0.39 is 0 Å². The van der Waals surface area contributed by atoms with Gasteiger partial charge in [0, 0.05) is 11.9 Å². The Balaban J connectivity index is 2.32. The molecule has 2 heteroatoms. The Labute approximate surface area is 64.9 Å². The Morgan fingerprint density at radius 2 is 2.44 bits per heavy atom. The first-order chi connectivity index (χ1) is 4.38. The van der Waals surface area contributed by atoms with Gasteiger partial charge in [-0.2, -0.15) is 0 Å². The molecule has 0 aromatic rings. The van der Waals surface area contributed by atoms with E-state index in [9.17, 15) is 0 Å². The molecule has 0 aromatic heterocycles. The highest BCUT2D eigenvalue weighted by Gasteiger charge is 2.24. The predicted octanol–water partition coefficient (Wildman–Crippen LogP) is 2.20. The topological polar surface area (TPSA) is 9.23 Å². The fourth-order valence-electron chi connectivity index (χ4n) is 1.32. The summed E-state index contributed by atoms with van der Waals surface area (Å²) in [6.07, 6.45) is 2.93. The van der Waals surface area contributed by atoms with Crippen LogP contribution in [-0.4, -0.2) is 18.0 Å². The molecule has 1 aliphatic heterocycles. The molecule has 0 aromatic carbocycles. The van der Waals surface area contributed by atoms with Gasteiger partial charge in [0.1, 0.15) is 0 Å². The largest absolute Gasteiger partial charge is 0.378 e. The highest BCUT2D eigenvalue weighted by Crippen LogP contribution is 2.24. The van der Waals surface area contributed by atoms with E-state index >= 15 is 0 Å². The predicted molar refractivity (Wildman–Crippen MR) is 41.9 cm³/mol. The summed E-state index contributed by atoms with van der Waals surface area (Å²) < 4.78 is 5.48. The molecule has 1 aliphatic rings. The molecule has 54 valence electrons. The van der Waals surface area contributed by atoms with Crippen molar-refractivity contribution in [2.24, 2.45) is 5.92 Å². The second kappa shape index (κ2) is 3.57. The van der Waals surface area contributed by atoms with E-state index in [1.54, 1.807) is 0 Å². The zero-order valence-electron chi connectivity index (χ0n) is 5.77.